The van der Waals surface area contributed by atoms with Crippen molar-refractivity contribution in [1.29, 1.82) is 0 Å². The molecule has 2 N–H and O–H groups in total. The van der Waals surface area contributed by atoms with Gasteiger partial charge >= 0.3 is 0 Å². The van der Waals surface area contributed by atoms with Crippen LogP contribution in [-0.4, -0.2) is 47.1 Å². The zero-order valence-electron chi connectivity index (χ0n) is 15.8. The number of halogens is 1. The highest BCUT2D eigenvalue weighted by Crippen LogP contribution is 2.35. The van der Waals surface area contributed by atoms with Crippen LogP contribution in [0.15, 0.2) is 47.5 Å². The summed E-state index contributed by atoms with van der Waals surface area (Å²) < 4.78 is 29.7. The predicted octanol–water partition coefficient (Wildman–Crippen LogP) is 2.06. The molecule has 1 fully saturated rings. The van der Waals surface area contributed by atoms with Gasteiger partial charge in [-0.3, -0.25) is 4.68 Å². The molecule has 0 bridgehead atoms. The molecule has 0 amide bonds. The Morgan fingerprint density at radius 2 is 1.93 bits per heavy atom. The molecule has 2 aromatic heterocycles. The lowest BCUT2D eigenvalue weighted by Crippen LogP contribution is -2.30. The summed E-state index contributed by atoms with van der Waals surface area (Å²) in [5, 5.41) is 5.07. The lowest BCUT2D eigenvalue weighted by atomic mass is 9.89. The van der Waals surface area contributed by atoms with Gasteiger partial charge in [0.25, 0.3) is 0 Å². The molecule has 7 nitrogen and oxygen atoms in total. The van der Waals surface area contributed by atoms with E-state index in [1.807, 2.05) is 37.3 Å². The van der Waals surface area contributed by atoms with E-state index in [0.29, 0.717) is 25.3 Å². The van der Waals surface area contributed by atoms with Crippen LogP contribution in [0.25, 0.3) is 11.0 Å². The van der Waals surface area contributed by atoms with Gasteiger partial charge in [0, 0.05) is 37.6 Å². The van der Waals surface area contributed by atoms with Gasteiger partial charge in [-0.1, -0.05) is 30.3 Å². The second kappa shape index (κ2) is 7.79. The highest BCUT2D eigenvalue weighted by atomic mass is 35.5. The second-order valence-electron chi connectivity index (χ2n) is 7.09. The Balaban J connectivity index is 0.00000225. The summed E-state index contributed by atoms with van der Waals surface area (Å²) in [6.45, 7) is 3.15. The summed E-state index contributed by atoms with van der Waals surface area (Å²) in [6, 6.07) is 11.7. The summed E-state index contributed by atoms with van der Waals surface area (Å²) in [5.41, 5.74) is 8.53. The molecular formula is C19H24ClN5O2S. The molecule has 0 aliphatic carbocycles. The minimum atomic E-state index is -3.64. The van der Waals surface area contributed by atoms with Gasteiger partial charge in [-0.25, -0.2) is 13.4 Å². The quantitative estimate of drug-likeness (QED) is 0.695. The maximum absolute atomic E-state index is 13.3. The third kappa shape index (κ3) is 3.41. The minimum absolute atomic E-state index is 0. The van der Waals surface area contributed by atoms with Gasteiger partial charge in [0.15, 0.2) is 5.65 Å². The Hall–Kier alpha value is -2.00. The summed E-state index contributed by atoms with van der Waals surface area (Å²) in [7, 11) is -1.84. The molecule has 0 spiro atoms. The molecule has 1 aliphatic rings. The molecule has 1 aliphatic heterocycles. The van der Waals surface area contributed by atoms with E-state index < -0.39 is 10.0 Å². The Labute approximate surface area is 171 Å². The lowest BCUT2D eigenvalue weighted by Gasteiger charge is -2.17. The number of rotatable bonds is 4. The molecule has 28 heavy (non-hydrogen) atoms. The summed E-state index contributed by atoms with van der Waals surface area (Å²) in [6.07, 6.45) is 1.42. The van der Waals surface area contributed by atoms with Crippen molar-refractivity contribution in [2.45, 2.75) is 17.7 Å². The first-order valence-electron chi connectivity index (χ1n) is 8.96. The SMILES string of the molecule is Cc1nn(C)c2ncc(S(=O)(=O)N3C[C@@H](CN)[C@H](c4ccccc4)C3)cc12.Cl. The van der Waals surface area contributed by atoms with Crippen LogP contribution in [-0.2, 0) is 17.1 Å². The molecule has 0 radical (unpaired) electrons. The Kier molecular flexibility index (Phi) is 5.77. The van der Waals surface area contributed by atoms with Crippen molar-refractivity contribution in [2.75, 3.05) is 19.6 Å². The average molecular weight is 422 g/mol. The van der Waals surface area contributed by atoms with Gasteiger partial charge in [-0.05, 0) is 31.0 Å². The van der Waals surface area contributed by atoms with Crippen molar-refractivity contribution in [3.63, 3.8) is 0 Å². The van der Waals surface area contributed by atoms with E-state index in [2.05, 4.69) is 10.1 Å². The van der Waals surface area contributed by atoms with Crippen LogP contribution >= 0.6 is 12.4 Å². The Bertz CT molecular complexity index is 1080. The maximum Gasteiger partial charge on any atom is 0.244 e. The molecular weight excluding hydrogens is 398 g/mol. The maximum atomic E-state index is 13.3. The third-order valence-corrected chi connectivity index (χ3v) is 7.21. The van der Waals surface area contributed by atoms with Gasteiger partial charge in [0.1, 0.15) is 4.90 Å². The number of nitrogens with zero attached hydrogens (tertiary/aromatic N) is 4. The van der Waals surface area contributed by atoms with Crippen LogP contribution in [0.4, 0.5) is 0 Å². The van der Waals surface area contributed by atoms with Gasteiger partial charge in [0.2, 0.25) is 10.0 Å². The van der Waals surface area contributed by atoms with Crippen LogP contribution in [0.5, 0.6) is 0 Å². The van der Waals surface area contributed by atoms with E-state index in [-0.39, 0.29) is 29.1 Å². The Morgan fingerprint density at radius 1 is 1.21 bits per heavy atom. The van der Waals surface area contributed by atoms with E-state index in [0.717, 1.165) is 16.6 Å². The van der Waals surface area contributed by atoms with Gasteiger partial charge in [0.05, 0.1) is 5.69 Å². The minimum Gasteiger partial charge on any atom is -0.330 e. The molecule has 0 saturated carbocycles. The monoisotopic (exact) mass is 421 g/mol. The Morgan fingerprint density at radius 3 is 2.61 bits per heavy atom. The molecule has 1 saturated heterocycles. The molecule has 3 aromatic rings. The normalized spacial score (nSPS) is 20.4. The number of fused-ring (bicyclic) bond motifs is 1. The van der Waals surface area contributed by atoms with Gasteiger partial charge < -0.3 is 5.73 Å². The zero-order chi connectivity index (χ0) is 19.2. The number of hydrogen-bond donors (Lipinski definition) is 1. The second-order valence-corrected chi connectivity index (χ2v) is 9.02. The number of sulfonamides is 1. The lowest BCUT2D eigenvalue weighted by molar-refractivity contribution is 0.459. The van der Waals surface area contributed by atoms with Crippen LogP contribution in [0.1, 0.15) is 17.2 Å². The van der Waals surface area contributed by atoms with Crippen molar-refractivity contribution in [2.24, 2.45) is 18.7 Å². The number of hydrogen-bond acceptors (Lipinski definition) is 5. The molecule has 0 unspecified atom stereocenters. The van der Waals surface area contributed by atoms with E-state index in [4.69, 9.17) is 5.73 Å². The molecule has 4 rings (SSSR count). The van der Waals surface area contributed by atoms with Crippen LogP contribution in [0, 0.1) is 12.8 Å². The van der Waals surface area contributed by atoms with Crippen LogP contribution in [0.2, 0.25) is 0 Å². The smallest absolute Gasteiger partial charge is 0.244 e. The number of aromatic nitrogens is 3. The standard InChI is InChI=1S/C19H23N5O2S.ClH/c1-13-17-8-16(10-21-19(17)23(2)22-13)27(25,26)24-11-15(9-20)18(12-24)14-6-4-3-5-7-14;/h3-8,10,15,18H,9,11-12,20H2,1-2H3;1H/t15-,18+;/m1./s1. The number of aryl methyl sites for hydroxylation is 2. The van der Waals surface area contributed by atoms with Crippen molar-refractivity contribution in [1.82, 2.24) is 19.1 Å². The van der Waals surface area contributed by atoms with Crippen molar-refractivity contribution in [3.05, 3.63) is 53.9 Å². The molecule has 2 atom stereocenters. The van der Waals surface area contributed by atoms with Gasteiger partial charge in [-0.15, -0.1) is 12.4 Å². The van der Waals surface area contributed by atoms with Crippen molar-refractivity contribution in [3.8, 4) is 0 Å². The topological polar surface area (TPSA) is 94.1 Å². The van der Waals surface area contributed by atoms with E-state index >= 15 is 0 Å². The fraction of sp³-hybridized carbons (Fsp3) is 0.368. The number of pyridine rings is 1. The summed E-state index contributed by atoms with van der Waals surface area (Å²) in [4.78, 5) is 4.53. The fourth-order valence-electron chi connectivity index (χ4n) is 3.92. The molecule has 1 aromatic carbocycles. The van der Waals surface area contributed by atoms with E-state index in [1.165, 1.54) is 10.5 Å². The van der Waals surface area contributed by atoms with E-state index in [1.54, 1.807) is 17.8 Å². The first-order chi connectivity index (χ1) is 12.9. The molecule has 9 heteroatoms. The number of nitrogens with two attached hydrogens (primary N) is 1. The highest BCUT2D eigenvalue weighted by molar-refractivity contribution is 7.89. The first kappa shape index (κ1) is 20.7. The van der Waals surface area contributed by atoms with Crippen molar-refractivity contribution < 1.29 is 8.42 Å². The summed E-state index contributed by atoms with van der Waals surface area (Å²) in [5.74, 6) is 0.196. The predicted molar refractivity (Wildman–Crippen MR) is 111 cm³/mol. The van der Waals surface area contributed by atoms with Gasteiger partial charge in [-0.2, -0.15) is 9.40 Å². The van der Waals surface area contributed by atoms with E-state index in [9.17, 15) is 8.42 Å². The largest absolute Gasteiger partial charge is 0.330 e. The van der Waals surface area contributed by atoms with Crippen LogP contribution in [0.3, 0.4) is 0 Å². The summed E-state index contributed by atoms with van der Waals surface area (Å²) >= 11 is 0. The van der Waals surface area contributed by atoms with Crippen LogP contribution < -0.4 is 5.73 Å². The first-order valence-corrected chi connectivity index (χ1v) is 10.4. The molecule has 3 heterocycles. The molecule has 150 valence electrons. The highest BCUT2D eigenvalue weighted by Gasteiger charge is 2.39. The zero-order valence-corrected chi connectivity index (χ0v) is 17.4. The number of benzene rings is 1. The third-order valence-electron chi connectivity index (χ3n) is 5.41. The average Bonchev–Trinajstić information content (AvgIpc) is 3.24. The van der Waals surface area contributed by atoms with Crippen molar-refractivity contribution >= 4 is 33.5 Å². The fourth-order valence-corrected chi connectivity index (χ4v) is 5.42.